The van der Waals surface area contributed by atoms with Crippen molar-refractivity contribution in [2.45, 2.75) is 19.4 Å². The first kappa shape index (κ1) is 20.6. The van der Waals surface area contributed by atoms with Crippen LogP contribution in [0, 0.1) is 5.92 Å². The number of pyridine rings is 1. The van der Waals surface area contributed by atoms with Crippen molar-refractivity contribution in [1.29, 1.82) is 0 Å². The summed E-state index contributed by atoms with van der Waals surface area (Å²) >= 11 is 12.4. The Morgan fingerprint density at radius 2 is 1.71 bits per heavy atom. The van der Waals surface area contributed by atoms with Crippen molar-refractivity contribution in [1.82, 2.24) is 14.5 Å². The molecular formula is C26H25Cl2N3. The van der Waals surface area contributed by atoms with Crippen molar-refractivity contribution in [2.75, 3.05) is 20.1 Å². The van der Waals surface area contributed by atoms with Crippen LogP contribution < -0.4 is 0 Å². The highest BCUT2D eigenvalue weighted by Crippen LogP contribution is 2.35. The predicted octanol–water partition coefficient (Wildman–Crippen LogP) is 7.02. The van der Waals surface area contributed by atoms with Crippen LogP contribution in [-0.2, 0) is 6.54 Å². The quantitative estimate of drug-likeness (QED) is 0.333. The van der Waals surface area contributed by atoms with Crippen LogP contribution in [0.4, 0.5) is 0 Å². The van der Waals surface area contributed by atoms with Gasteiger partial charge in [-0.2, -0.15) is 0 Å². The molecule has 158 valence electrons. The van der Waals surface area contributed by atoms with E-state index in [1.807, 2.05) is 42.7 Å². The average molecular weight is 450 g/mol. The second-order valence-electron chi connectivity index (χ2n) is 8.60. The number of benzene rings is 2. The number of aromatic nitrogens is 2. The van der Waals surface area contributed by atoms with Gasteiger partial charge in [-0.1, -0.05) is 41.4 Å². The Hall–Kier alpha value is -2.33. The third-order valence-corrected chi connectivity index (χ3v) is 6.74. The normalized spacial score (nSPS) is 17.3. The maximum atomic E-state index is 6.39. The summed E-state index contributed by atoms with van der Waals surface area (Å²) in [6, 6.07) is 16.3. The van der Waals surface area contributed by atoms with Crippen molar-refractivity contribution in [3.05, 3.63) is 77.2 Å². The summed E-state index contributed by atoms with van der Waals surface area (Å²) < 4.78 is 2.38. The molecule has 3 heterocycles. The summed E-state index contributed by atoms with van der Waals surface area (Å²) in [5.41, 5.74) is 5.68. The van der Waals surface area contributed by atoms with Gasteiger partial charge >= 0.3 is 0 Å². The maximum Gasteiger partial charge on any atom is 0.0501 e. The van der Waals surface area contributed by atoms with Crippen LogP contribution >= 0.6 is 23.2 Å². The SMILES string of the molecule is CN1CCCC(Cn2cc(-c3cncc(-c4ccc(Cl)cc4)c3)c3ccc(Cl)cc32)C1. The van der Waals surface area contributed by atoms with Crippen LogP contribution in [0.5, 0.6) is 0 Å². The van der Waals surface area contributed by atoms with Gasteiger partial charge in [0.25, 0.3) is 0 Å². The van der Waals surface area contributed by atoms with Gasteiger partial charge in [0.1, 0.15) is 0 Å². The van der Waals surface area contributed by atoms with Crippen LogP contribution in [0.2, 0.25) is 10.0 Å². The smallest absolute Gasteiger partial charge is 0.0501 e. The highest BCUT2D eigenvalue weighted by Gasteiger charge is 2.20. The first-order valence-corrected chi connectivity index (χ1v) is 11.5. The molecule has 5 rings (SSSR count). The molecule has 5 heteroatoms. The Balaban J connectivity index is 1.56. The van der Waals surface area contributed by atoms with Gasteiger partial charge in [0.15, 0.2) is 0 Å². The molecule has 0 bridgehead atoms. The minimum atomic E-state index is 0.653. The van der Waals surface area contributed by atoms with E-state index < -0.39 is 0 Å². The standard InChI is InChI=1S/C26H25Cl2N3/c1-30-10-2-3-18(15-30)16-31-17-25(24-9-8-23(28)12-26(24)31)21-11-20(13-29-14-21)19-4-6-22(27)7-5-19/h4-9,11-14,17-18H,2-3,10,15-16H2,1H3. The van der Waals surface area contributed by atoms with Gasteiger partial charge in [-0.15, -0.1) is 0 Å². The van der Waals surface area contributed by atoms with Crippen molar-refractivity contribution >= 4 is 34.1 Å². The molecule has 3 nitrogen and oxygen atoms in total. The number of nitrogens with zero attached hydrogens (tertiary/aromatic N) is 3. The fourth-order valence-electron chi connectivity index (χ4n) is 4.73. The van der Waals surface area contributed by atoms with Gasteiger partial charge < -0.3 is 9.47 Å². The summed E-state index contributed by atoms with van der Waals surface area (Å²) in [5.74, 6) is 0.653. The molecule has 1 fully saturated rings. The zero-order valence-corrected chi connectivity index (χ0v) is 19.1. The summed E-state index contributed by atoms with van der Waals surface area (Å²) in [7, 11) is 2.22. The van der Waals surface area contributed by atoms with E-state index in [0.29, 0.717) is 5.92 Å². The Labute approximate surface area is 193 Å². The van der Waals surface area contributed by atoms with Crippen LogP contribution in [0.15, 0.2) is 67.1 Å². The van der Waals surface area contributed by atoms with E-state index in [1.54, 1.807) is 0 Å². The second kappa shape index (κ2) is 8.66. The molecule has 1 aliphatic rings. The van der Waals surface area contributed by atoms with Crippen molar-refractivity contribution in [3.8, 4) is 22.3 Å². The molecule has 0 amide bonds. The van der Waals surface area contributed by atoms with Crippen molar-refractivity contribution in [3.63, 3.8) is 0 Å². The van der Waals surface area contributed by atoms with Crippen LogP contribution in [-0.4, -0.2) is 34.6 Å². The van der Waals surface area contributed by atoms with Gasteiger partial charge in [0.05, 0.1) is 5.52 Å². The number of rotatable bonds is 4. The lowest BCUT2D eigenvalue weighted by atomic mass is 9.98. The largest absolute Gasteiger partial charge is 0.346 e. The highest BCUT2D eigenvalue weighted by atomic mass is 35.5. The Morgan fingerprint density at radius 3 is 2.52 bits per heavy atom. The number of likely N-dealkylation sites (tertiary alicyclic amines) is 1. The summed E-state index contributed by atoms with van der Waals surface area (Å²) in [5, 5.41) is 2.72. The molecule has 2 aromatic carbocycles. The number of hydrogen-bond acceptors (Lipinski definition) is 2. The summed E-state index contributed by atoms with van der Waals surface area (Å²) in [6.45, 7) is 3.35. The maximum absolute atomic E-state index is 6.39. The molecule has 31 heavy (non-hydrogen) atoms. The molecule has 0 N–H and O–H groups in total. The molecule has 0 saturated carbocycles. The zero-order valence-electron chi connectivity index (χ0n) is 17.6. The van der Waals surface area contributed by atoms with Crippen LogP contribution in [0.3, 0.4) is 0 Å². The van der Waals surface area contributed by atoms with Crippen LogP contribution in [0.25, 0.3) is 33.2 Å². The second-order valence-corrected chi connectivity index (χ2v) is 9.47. The predicted molar refractivity (Wildman–Crippen MR) is 131 cm³/mol. The van der Waals surface area contributed by atoms with E-state index in [-0.39, 0.29) is 0 Å². The molecule has 0 spiro atoms. The number of halogens is 2. The van der Waals surface area contributed by atoms with E-state index >= 15 is 0 Å². The zero-order chi connectivity index (χ0) is 21.4. The first-order valence-electron chi connectivity index (χ1n) is 10.7. The van der Waals surface area contributed by atoms with E-state index in [1.165, 1.54) is 35.9 Å². The molecule has 1 atom stereocenters. The minimum absolute atomic E-state index is 0.653. The van der Waals surface area contributed by atoms with E-state index in [4.69, 9.17) is 23.2 Å². The molecule has 1 aliphatic heterocycles. The lowest BCUT2D eigenvalue weighted by molar-refractivity contribution is 0.196. The van der Waals surface area contributed by atoms with Crippen molar-refractivity contribution in [2.24, 2.45) is 5.92 Å². The third kappa shape index (κ3) is 4.36. The van der Waals surface area contributed by atoms with Crippen LogP contribution in [0.1, 0.15) is 12.8 Å². The van der Waals surface area contributed by atoms with Gasteiger partial charge in [-0.3, -0.25) is 4.98 Å². The molecule has 1 unspecified atom stereocenters. The fourth-order valence-corrected chi connectivity index (χ4v) is 5.03. The lowest BCUT2D eigenvalue weighted by Crippen LogP contribution is -2.33. The topological polar surface area (TPSA) is 21.1 Å². The molecule has 2 aromatic heterocycles. The van der Waals surface area contributed by atoms with Gasteiger partial charge in [0.2, 0.25) is 0 Å². The molecule has 0 aliphatic carbocycles. The third-order valence-electron chi connectivity index (χ3n) is 6.25. The van der Waals surface area contributed by atoms with Gasteiger partial charge in [0, 0.05) is 63.8 Å². The minimum Gasteiger partial charge on any atom is -0.346 e. The van der Waals surface area contributed by atoms with E-state index in [9.17, 15) is 0 Å². The van der Waals surface area contributed by atoms with Gasteiger partial charge in [-0.25, -0.2) is 0 Å². The Morgan fingerprint density at radius 1 is 0.935 bits per heavy atom. The lowest BCUT2D eigenvalue weighted by Gasteiger charge is -2.30. The molecule has 0 radical (unpaired) electrons. The van der Waals surface area contributed by atoms with E-state index in [0.717, 1.165) is 39.8 Å². The fraction of sp³-hybridized carbons (Fsp3) is 0.269. The Kier molecular flexibility index (Phi) is 5.75. The summed E-state index contributed by atoms with van der Waals surface area (Å²) in [4.78, 5) is 6.98. The van der Waals surface area contributed by atoms with E-state index in [2.05, 4.69) is 45.9 Å². The highest BCUT2D eigenvalue weighted by molar-refractivity contribution is 6.31. The molecule has 4 aromatic rings. The number of fused-ring (bicyclic) bond motifs is 1. The molecule has 1 saturated heterocycles. The van der Waals surface area contributed by atoms with Crippen molar-refractivity contribution < 1.29 is 0 Å². The number of piperidine rings is 1. The average Bonchev–Trinajstić information content (AvgIpc) is 3.12. The Bertz CT molecular complexity index is 1210. The monoisotopic (exact) mass is 449 g/mol. The number of hydrogen-bond donors (Lipinski definition) is 0. The summed E-state index contributed by atoms with van der Waals surface area (Å²) in [6.07, 6.45) is 8.66. The molecular weight excluding hydrogens is 425 g/mol. The first-order chi connectivity index (χ1) is 15.1. The van der Waals surface area contributed by atoms with Gasteiger partial charge in [-0.05, 0) is 68.2 Å².